The molecule has 0 amide bonds. The molecule has 0 radical (unpaired) electrons. The van der Waals surface area contributed by atoms with Gasteiger partial charge in [-0.3, -0.25) is 0 Å². The second kappa shape index (κ2) is 13.5. The summed E-state index contributed by atoms with van der Waals surface area (Å²) in [5.41, 5.74) is 19.0. The van der Waals surface area contributed by atoms with Crippen molar-refractivity contribution in [2.75, 3.05) is 0 Å². The maximum absolute atomic E-state index is 10.1. The molecule has 14 rings (SSSR count). The molecule has 1 aromatic heterocycles. The third kappa shape index (κ3) is 5.29. The molecule has 302 valence electrons. The van der Waals surface area contributed by atoms with Crippen LogP contribution in [0.3, 0.4) is 0 Å². The minimum absolute atomic E-state index is 0.0433. The fourth-order valence-electron chi connectivity index (χ4n) is 13.5. The Morgan fingerprint density at radius 2 is 0.937 bits per heavy atom. The molecule has 6 aliphatic carbocycles. The Bertz CT molecular complexity index is 3210. The van der Waals surface area contributed by atoms with E-state index in [1.54, 1.807) is 0 Å². The predicted molar refractivity (Wildman–Crippen MR) is 253 cm³/mol. The Kier molecular flexibility index (Phi) is 7.87. The van der Waals surface area contributed by atoms with Crippen molar-refractivity contribution in [3.05, 3.63) is 186 Å². The zero-order valence-corrected chi connectivity index (χ0v) is 35.6. The van der Waals surface area contributed by atoms with Gasteiger partial charge in [0.15, 0.2) is 17.5 Å². The van der Waals surface area contributed by atoms with Gasteiger partial charge in [0.2, 0.25) is 0 Å². The van der Waals surface area contributed by atoms with Crippen molar-refractivity contribution in [2.45, 2.75) is 56.8 Å². The van der Waals surface area contributed by atoms with E-state index in [0.29, 0.717) is 29.3 Å². The van der Waals surface area contributed by atoms with Crippen molar-refractivity contribution in [2.24, 2.45) is 23.7 Å². The standard InChI is InChI=1S/C59H46N4/c1-58(2)51-19-11-10-17-46(51)50-32-40(22-25-52(50)58)56-61-55(38-12-4-3-5-13-38)62-57(63-56)49-18-9-8-16-45(49)44-15-7-6-14-43(44)39-21-24-48-47-23-20-35(34-60)31-53(47)59(54(48)33-39)41-27-36-26-37(29-41)30-42(59)28-36/h3-25,31-33,36-37,41-42H,26-30H2,1-2H3. The minimum Gasteiger partial charge on any atom is -0.208 e. The average molecular weight is 811 g/mol. The van der Waals surface area contributed by atoms with Gasteiger partial charge in [0.05, 0.1) is 11.6 Å². The molecule has 0 atom stereocenters. The molecule has 0 aliphatic heterocycles. The number of nitrogens with zero attached hydrogens (tertiary/aromatic N) is 4. The summed E-state index contributed by atoms with van der Waals surface area (Å²) in [6.45, 7) is 4.63. The maximum atomic E-state index is 10.1. The molecule has 4 saturated carbocycles. The second-order valence-electron chi connectivity index (χ2n) is 19.5. The van der Waals surface area contributed by atoms with Crippen molar-refractivity contribution in [1.82, 2.24) is 15.0 Å². The number of aromatic nitrogens is 3. The summed E-state index contributed by atoms with van der Waals surface area (Å²) in [6, 6.07) is 59.6. The van der Waals surface area contributed by atoms with Gasteiger partial charge in [-0.2, -0.15) is 5.26 Å². The molecule has 8 aromatic rings. The molecule has 1 heterocycles. The lowest BCUT2D eigenvalue weighted by Gasteiger charge is -2.61. The van der Waals surface area contributed by atoms with E-state index in [4.69, 9.17) is 15.0 Å². The van der Waals surface area contributed by atoms with E-state index in [0.717, 1.165) is 45.2 Å². The number of hydrogen-bond acceptors (Lipinski definition) is 4. The van der Waals surface area contributed by atoms with Gasteiger partial charge in [-0.1, -0.05) is 147 Å². The van der Waals surface area contributed by atoms with Gasteiger partial charge in [-0.15, -0.1) is 0 Å². The molecule has 63 heavy (non-hydrogen) atoms. The Morgan fingerprint density at radius 3 is 1.65 bits per heavy atom. The predicted octanol–water partition coefficient (Wildman–Crippen LogP) is 14.1. The molecule has 4 fully saturated rings. The van der Waals surface area contributed by atoms with Gasteiger partial charge in [0.1, 0.15) is 0 Å². The topological polar surface area (TPSA) is 62.5 Å². The van der Waals surface area contributed by atoms with Crippen LogP contribution in [0.1, 0.15) is 73.8 Å². The first-order valence-electron chi connectivity index (χ1n) is 22.8. The number of benzene rings is 7. The van der Waals surface area contributed by atoms with Crippen LogP contribution in [0.15, 0.2) is 158 Å². The monoisotopic (exact) mass is 810 g/mol. The van der Waals surface area contributed by atoms with Gasteiger partial charge in [-0.05, 0) is 147 Å². The van der Waals surface area contributed by atoms with E-state index >= 15 is 0 Å². The molecule has 0 saturated heterocycles. The third-order valence-electron chi connectivity index (χ3n) is 16.0. The highest BCUT2D eigenvalue weighted by atomic mass is 15.0. The first-order chi connectivity index (χ1) is 30.9. The number of hydrogen-bond donors (Lipinski definition) is 0. The fourth-order valence-corrected chi connectivity index (χ4v) is 13.5. The molecule has 1 spiro atoms. The first kappa shape index (κ1) is 36.7. The van der Waals surface area contributed by atoms with Crippen molar-refractivity contribution in [3.8, 4) is 84.7 Å². The Balaban J connectivity index is 0.964. The molecule has 6 aliphatic rings. The van der Waals surface area contributed by atoms with Crippen LogP contribution in [0.5, 0.6) is 0 Å². The normalized spacial score (nSPS) is 22.6. The molecular formula is C59H46N4. The highest BCUT2D eigenvalue weighted by molar-refractivity contribution is 5.93. The van der Waals surface area contributed by atoms with Crippen LogP contribution in [-0.4, -0.2) is 15.0 Å². The van der Waals surface area contributed by atoms with E-state index in [2.05, 4.69) is 153 Å². The van der Waals surface area contributed by atoms with E-state index in [1.165, 1.54) is 87.7 Å². The third-order valence-corrected chi connectivity index (χ3v) is 16.0. The van der Waals surface area contributed by atoms with Crippen LogP contribution in [0, 0.1) is 35.0 Å². The van der Waals surface area contributed by atoms with Crippen molar-refractivity contribution < 1.29 is 0 Å². The van der Waals surface area contributed by atoms with Gasteiger partial charge < -0.3 is 0 Å². The van der Waals surface area contributed by atoms with Gasteiger partial charge in [0, 0.05) is 27.5 Å². The number of rotatable bonds is 5. The summed E-state index contributed by atoms with van der Waals surface area (Å²) < 4.78 is 0. The van der Waals surface area contributed by atoms with Gasteiger partial charge in [-0.25, -0.2) is 15.0 Å². The van der Waals surface area contributed by atoms with Gasteiger partial charge >= 0.3 is 0 Å². The zero-order valence-electron chi connectivity index (χ0n) is 35.6. The lowest BCUT2D eigenvalue weighted by molar-refractivity contribution is -0.0399. The lowest BCUT2D eigenvalue weighted by Crippen LogP contribution is -2.55. The molecular weight excluding hydrogens is 765 g/mol. The van der Waals surface area contributed by atoms with Gasteiger partial charge in [0.25, 0.3) is 0 Å². The lowest BCUT2D eigenvalue weighted by atomic mass is 9.43. The quantitative estimate of drug-likeness (QED) is 0.174. The van der Waals surface area contributed by atoms with E-state index in [1.807, 2.05) is 24.3 Å². The van der Waals surface area contributed by atoms with Crippen LogP contribution in [0.2, 0.25) is 0 Å². The Morgan fingerprint density at radius 1 is 0.413 bits per heavy atom. The van der Waals surface area contributed by atoms with E-state index < -0.39 is 0 Å². The minimum atomic E-state index is -0.0871. The van der Waals surface area contributed by atoms with Crippen LogP contribution < -0.4 is 0 Å². The van der Waals surface area contributed by atoms with E-state index in [9.17, 15) is 5.26 Å². The first-order valence-corrected chi connectivity index (χ1v) is 22.8. The summed E-state index contributed by atoms with van der Waals surface area (Å²) in [6.07, 6.45) is 6.60. The summed E-state index contributed by atoms with van der Waals surface area (Å²) in [5, 5.41) is 10.1. The van der Waals surface area contributed by atoms with Crippen LogP contribution in [0.25, 0.3) is 78.7 Å². The summed E-state index contributed by atoms with van der Waals surface area (Å²) in [5.74, 6) is 4.86. The molecule has 0 N–H and O–H groups in total. The second-order valence-corrected chi connectivity index (χ2v) is 19.5. The molecule has 7 aromatic carbocycles. The maximum Gasteiger partial charge on any atom is 0.164 e. The SMILES string of the molecule is CC1(C)c2ccccc2-c2cc(-c3nc(-c4ccccc4)nc(-c4ccccc4-c4ccccc4-c4ccc5c(c4)C4(c6cc(C#N)ccc6-5)C5CC6CC(C5)CC4C6)n3)ccc21. The largest absolute Gasteiger partial charge is 0.208 e. The zero-order chi connectivity index (χ0) is 42.0. The summed E-state index contributed by atoms with van der Waals surface area (Å²) in [7, 11) is 0. The Labute approximate surface area is 369 Å². The summed E-state index contributed by atoms with van der Waals surface area (Å²) in [4.78, 5) is 15.8. The smallest absolute Gasteiger partial charge is 0.164 e. The number of nitriles is 1. The molecule has 4 nitrogen and oxygen atoms in total. The molecule has 0 unspecified atom stereocenters. The molecule has 4 heteroatoms. The average Bonchev–Trinajstić information content (AvgIpc) is 3.74. The van der Waals surface area contributed by atoms with Crippen LogP contribution >= 0.6 is 0 Å². The van der Waals surface area contributed by atoms with Crippen molar-refractivity contribution in [3.63, 3.8) is 0 Å². The fraction of sp³-hybridized carbons (Fsp3) is 0.220. The van der Waals surface area contributed by atoms with E-state index in [-0.39, 0.29) is 10.8 Å². The summed E-state index contributed by atoms with van der Waals surface area (Å²) >= 11 is 0. The highest BCUT2D eigenvalue weighted by Crippen LogP contribution is 2.69. The van der Waals surface area contributed by atoms with Crippen molar-refractivity contribution >= 4 is 0 Å². The Hall–Kier alpha value is -6.96. The van der Waals surface area contributed by atoms with Crippen molar-refractivity contribution in [1.29, 1.82) is 5.26 Å². The van der Waals surface area contributed by atoms with Crippen LogP contribution in [0.4, 0.5) is 0 Å². The van der Waals surface area contributed by atoms with Crippen LogP contribution in [-0.2, 0) is 10.8 Å². The highest BCUT2D eigenvalue weighted by Gasteiger charge is 2.61. The number of fused-ring (bicyclic) bond motifs is 6. The molecule has 4 bridgehead atoms.